The molecule has 2 N–H and O–H groups in total. The Morgan fingerprint density at radius 3 is 2.33 bits per heavy atom. The van der Waals surface area contributed by atoms with Gasteiger partial charge in [0.25, 0.3) is 0 Å². The minimum Gasteiger partial charge on any atom is -0.508 e. The number of ether oxygens (including phenoxy) is 3. The number of aromatic nitrogens is 4. The second-order valence-electron chi connectivity index (χ2n) is 6.51. The molecule has 0 aliphatic heterocycles. The van der Waals surface area contributed by atoms with Crippen LogP contribution in [0.5, 0.6) is 23.0 Å². The van der Waals surface area contributed by atoms with Crippen LogP contribution in [0.2, 0.25) is 0 Å². The molecule has 4 rings (SSSR count). The van der Waals surface area contributed by atoms with Crippen molar-refractivity contribution in [2.75, 3.05) is 26.6 Å². The Morgan fingerprint density at radius 1 is 0.967 bits per heavy atom. The van der Waals surface area contributed by atoms with Crippen LogP contribution in [0, 0.1) is 6.92 Å². The van der Waals surface area contributed by atoms with Gasteiger partial charge in [-0.25, -0.2) is 4.98 Å². The van der Waals surface area contributed by atoms with Crippen molar-refractivity contribution in [3.63, 3.8) is 0 Å². The van der Waals surface area contributed by atoms with Crippen molar-refractivity contribution in [1.82, 2.24) is 19.6 Å². The Morgan fingerprint density at radius 2 is 1.70 bits per heavy atom. The third-order valence-corrected chi connectivity index (χ3v) is 4.64. The highest BCUT2D eigenvalue weighted by Gasteiger charge is 2.17. The topological polar surface area (TPSA) is 103 Å². The molecule has 0 unspecified atom stereocenters. The molecule has 0 aliphatic rings. The summed E-state index contributed by atoms with van der Waals surface area (Å²) in [5, 5.41) is 17.6. The molecular formula is C21H21N5O4. The molecule has 9 nitrogen and oxygen atoms in total. The summed E-state index contributed by atoms with van der Waals surface area (Å²) in [5.41, 5.74) is 2.79. The molecule has 0 amide bonds. The molecular weight excluding hydrogens is 386 g/mol. The zero-order valence-electron chi connectivity index (χ0n) is 17.0. The van der Waals surface area contributed by atoms with E-state index in [2.05, 4.69) is 20.4 Å². The van der Waals surface area contributed by atoms with E-state index in [9.17, 15) is 5.11 Å². The van der Waals surface area contributed by atoms with Crippen molar-refractivity contribution in [2.24, 2.45) is 0 Å². The zero-order chi connectivity index (χ0) is 21.3. The van der Waals surface area contributed by atoms with Crippen molar-refractivity contribution in [2.45, 2.75) is 6.92 Å². The largest absolute Gasteiger partial charge is 0.508 e. The van der Waals surface area contributed by atoms with Gasteiger partial charge in [0.2, 0.25) is 11.7 Å². The fourth-order valence-corrected chi connectivity index (χ4v) is 3.09. The van der Waals surface area contributed by atoms with Gasteiger partial charge in [-0.3, -0.25) is 0 Å². The third-order valence-electron chi connectivity index (χ3n) is 4.64. The van der Waals surface area contributed by atoms with Gasteiger partial charge in [0.15, 0.2) is 23.0 Å². The van der Waals surface area contributed by atoms with Crippen LogP contribution in [0.1, 0.15) is 5.56 Å². The number of aryl methyl sites for hydroxylation is 1. The minimum atomic E-state index is 0.198. The Kier molecular flexibility index (Phi) is 5.01. The van der Waals surface area contributed by atoms with Crippen LogP contribution < -0.4 is 19.5 Å². The van der Waals surface area contributed by atoms with Crippen LogP contribution in [0.15, 0.2) is 42.6 Å². The van der Waals surface area contributed by atoms with Gasteiger partial charge in [0.05, 0.1) is 21.3 Å². The lowest BCUT2D eigenvalue weighted by molar-refractivity contribution is 0.324. The number of anilines is 2. The predicted octanol–water partition coefficient (Wildman–Crippen LogP) is 3.57. The molecule has 154 valence electrons. The van der Waals surface area contributed by atoms with E-state index >= 15 is 0 Å². The number of rotatable bonds is 6. The van der Waals surface area contributed by atoms with Crippen LogP contribution in [0.25, 0.3) is 17.0 Å². The maximum Gasteiger partial charge on any atom is 0.247 e. The van der Waals surface area contributed by atoms with E-state index in [1.165, 1.54) is 0 Å². The highest BCUT2D eigenvalue weighted by atomic mass is 16.5. The first-order valence-corrected chi connectivity index (χ1v) is 9.13. The quantitative estimate of drug-likeness (QED) is 0.500. The summed E-state index contributed by atoms with van der Waals surface area (Å²) in [6.07, 6.45) is 1.66. The first-order valence-electron chi connectivity index (χ1n) is 9.13. The molecule has 2 aromatic heterocycles. The van der Waals surface area contributed by atoms with Crippen molar-refractivity contribution >= 4 is 17.3 Å². The summed E-state index contributed by atoms with van der Waals surface area (Å²) in [5.74, 6) is 2.65. The van der Waals surface area contributed by atoms with Gasteiger partial charge in [-0.15, -0.1) is 5.10 Å². The fourth-order valence-electron chi connectivity index (χ4n) is 3.09. The van der Waals surface area contributed by atoms with Gasteiger partial charge in [-0.05, 0) is 30.7 Å². The summed E-state index contributed by atoms with van der Waals surface area (Å²) in [6.45, 7) is 1.83. The van der Waals surface area contributed by atoms with Crippen molar-refractivity contribution in [1.29, 1.82) is 0 Å². The highest BCUT2D eigenvalue weighted by Crippen LogP contribution is 2.40. The SMILES string of the molecule is COc1cc(-c2nccc3nc(Nc4ccc(C)c(O)c4)nn23)cc(OC)c1OC. The first kappa shape index (κ1) is 19.3. The number of nitrogens with one attached hydrogen (secondary N) is 1. The van der Waals surface area contributed by atoms with Gasteiger partial charge in [0.1, 0.15) is 5.75 Å². The minimum absolute atomic E-state index is 0.198. The molecule has 2 aromatic carbocycles. The summed E-state index contributed by atoms with van der Waals surface area (Å²) < 4.78 is 17.9. The predicted molar refractivity (Wildman–Crippen MR) is 112 cm³/mol. The maximum absolute atomic E-state index is 9.92. The number of fused-ring (bicyclic) bond motifs is 1. The van der Waals surface area contributed by atoms with E-state index < -0.39 is 0 Å². The van der Waals surface area contributed by atoms with Crippen LogP contribution >= 0.6 is 0 Å². The maximum atomic E-state index is 9.92. The number of methoxy groups -OCH3 is 3. The fraction of sp³-hybridized carbons (Fsp3) is 0.190. The Bertz CT molecular complexity index is 1200. The zero-order valence-corrected chi connectivity index (χ0v) is 17.0. The molecule has 2 heterocycles. The van der Waals surface area contributed by atoms with E-state index in [0.29, 0.717) is 40.4 Å². The van der Waals surface area contributed by atoms with Gasteiger partial charge in [-0.2, -0.15) is 9.50 Å². The van der Waals surface area contributed by atoms with Gasteiger partial charge in [-0.1, -0.05) is 6.07 Å². The summed E-state index contributed by atoms with van der Waals surface area (Å²) in [7, 11) is 4.67. The van der Waals surface area contributed by atoms with Crippen LogP contribution in [-0.2, 0) is 0 Å². The molecule has 0 radical (unpaired) electrons. The molecule has 0 spiro atoms. The number of phenols is 1. The van der Waals surface area contributed by atoms with Crippen LogP contribution in [0.3, 0.4) is 0 Å². The molecule has 0 saturated carbocycles. The van der Waals surface area contributed by atoms with Crippen LogP contribution in [-0.4, -0.2) is 46.0 Å². The highest BCUT2D eigenvalue weighted by molar-refractivity contribution is 5.68. The lowest BCUT2D eigenvalue weighted by atomic mass is 10.1. The summed E-state index contributed by atoms with van der Waals surface area (Å²) in [4.78, 5) is 8.97. The number of phenolic OH excluding ortho intramolecular Hbond substituents is 1. The average molecular weight is 407 g/mol. The number of hydrogen-bond donors (Lipinski definition) is 2. The number of benzene rings is 2. The Balaban J connectivity index is 1.78. The molecule has 0 saturated heterocycles. The van der Waals surface area contributed by atoms with Crippen molar-refractivity contribution in [3.8, 4) is 34.4 Å². The standard InChI is InChI=1S/C21H21N5O4/c1-12-5-6-14(11-15(12)27)23-21-24-18-7-8-22-20(26(18)25-21)13-9-16(28-2)19(30-4)17(10-13)29-3/h5-11,27H,1-4H3,(H,23,25). The first-order chi connectivity index (χ1) is 14.5. The number of hydrogen-bond acceptors (Lipinski definition) is 8. The molecule has 0 fully saturated rings. The molecule has 30 heavy (non-hydrogen) atoms. The molecule has 9 heteroatoms. The van der Waals surface area contributed by atoms with Crippen LogP contribution in [0.4, 0.5) is 11.6 Å². The monoisotopic (exact) mass is 407 g/mol. The van der Waals surface area contributed by atoms with Crippen molar-refractivity contribution < 1.29 is 19.3 Å². The summed E-state index contributed by atoms with van der Waals surface area (Å²) in [6, 6.07) is 10.6. The van der Waals surface area contributed by atoms with Gasteiger partial charge < -0.3 is 24.6 Å². The average Bonchev–Trinajstić information content (AvgIpc) is 3.17. The third kappa shape index (κ3) is 3.41. The summed E-state index contributed by atoms with van der Waals surface area (Å²) >= 11 is 0. The van der Waals surface area contributed by atoms with Crippen molar-refractivity contribution in [3.05, 3.63) is 48.2 Å². The molecule has 4 aromatic rings. The smallest absolute Gasteiger partial charge is 0.247 e. The number of aromatic hydroxyl groups is 1. The second-order valence-corrected chi connectivity index (χ2v) is 6.51. The Hall–Kier alpha value is -4.01. The van der Waals surface area contributed by atoms with Gasteiger partial charge >= 0.3 is 0 Å². The van der Waals surface area contributed by atoms with E-state index in [1.54, 1.807) is 56.3 Å². The van der Waals surface area contributed by atoms with E-state index in [4.69, 9.17) is 14.2 Å². The van der Waals surface area contributed by atoms with Gasteiger partial charge in [0, 0.05) is 29.6 Å². The van der Waals surface area contributed by atoms with E-state index in [1.807, 2.05) is 19.1 Å². The lowest BCUT2D eigenvalue weighted by Crippen LogP contribution is -2.00. The Labute approximate surface area is 172 Å². The van der Waals surface area contributed by atoms with E-state index in [0.717, 1.165) is 11.1 Å². The molecule has 0 atom stereocenters. The molecule has 0 aliphatic carbocycles. The second kappa shape index (κ2) is 7.78. The lowest BCUT2D eigenvalue weighted by Gasteiger charge is -2.14. The number of nitrogens with zero attached hydrogens (tertiary/aromatic N) is 4. The molecule has 0 bridgehead atoms. The van der Waals surface area contributed by atoms with E-state index in [-0.39, 0.29) is 5.75 Å². The normalized spacial score (nSPS) is 10.8.